The standard InChI is InChI=1S/C22H28N2O5S/c1-5-22(6-2)14-19(17-9-7-8-10-20(17)29-22)24-30(26,27)16-11-12-21(28-4)18(13-16)23-15(3)25/h7-13,19,24H,5-6,14H2,1-4H3,(H,23,25)/t19-/m1/s1. The van der Waals surface area contributed by atoms with Gasteiger partial charge in [-0.25, -0.2) is 13.1 Å². The number of carbonyl (C=O) groups is 1. The second kappa shape index (κ2) is 8.65. The molecule has 0 radical (unpaired) electrons. The lowest BCUT2D eigenvalue weighted by atomic mass is 9.84. The van der Waals surface area contributed by atoms with Crippen LogP contribution in [-0.2, 0) is 14.8 Å². The first kappa shape index (κ1) is 22.1. The fraction of sp³-hybridized carbons (Fsp3) is 0.409. The van der Waals surface area contributed by atoms with Crippen molar-refractivity contribution in [2.45, 2.75) is 56.6 Å². The topological polar surface area (TPSA) is 93.7 Å². The Kier molecular flexibility index (Phi) is 6.38. The number of amides is 1. The zero-order valence-electron chi connectivity index (χ0n) is 17.7. The Hall–Kier alpha value is -2.58. The molecular weight excluding hydrogens is 404 g/mol. The van der Waals surface area contributed by atoms with Crippen LogP contribution < -0.4 is 19.5 Å². The van der Waals surface area contributed by atoms with Crippen LogP contribution in [0.15, 0.2) is 47.4 Å². The van der Waals surface area contributed by atoms with E-state index >= 15 is 0 Å². The maximum absolute atomic E-state index is 13.2. The zero-order valence-corrected chi connectivity index (χ0v) is 18.5. The number of methoxy groups -OCH3 is 1. The normalized spacial score (nSPS) is 17.5. The van der Waals surface area contributed by atoms with E-state index in [2.05, 4.69) is 10.0 Å². The van der Waals surface area contributed by atoms with Gasteiger partial charge in [0.05, 0.1) is 23.7 Å². The van der Waals surface area contributed by atoms with E-state index in [0.29, 0.717) is 23.6 Å². The summed E-state index contributed by atoms with van der Waals surface area (Å²) < 4.78 is 40.8. The number of benzene rings is 2. The summed E-state index contributed by atoms with van der Waals surface area (Å²) in [5.41, 5.74) is 0.689. The van der Waals surface area contributed by atoms with Crippen LogP contribution in [0.3, 0.4) is 0 Å². The minimum absolute atomic E-state index is 0.0506. The molecule has 1 amide bonds. The minimum atomic E-state index is -3.86. The SMILES string of the molecule is CCC1(CC)C[C@@H](NS(=O)(=O)c2ccc(OC)c(NC(C)=O)c2)c2ccccc2O1. The molecule has 0 bridgehead atoms. The van der Waals surface area contributed by atoms with E-state index in [1.807, 2.05) is 38.1 Å². The lowest BCUT2D eigenvalue weighted by Crippen LogP contribution is -2.44. The number of anilines is 1. The number of hydrogen-bond acceptors (Lipinski definition) is 5. The lowest BCUT2D eigenvalue weighted by molar-refractivity contribution is -0.114. The molecule has 1 atom stereocenters. The molecular formula is C22H28N2O5S. The Labute approximate surface area is 177 Å². The molecule has 7 nitrogen and oxygen atoms in total. The number of ether oxygens (including phenoxy) is 2. The number of hydrogen-bond donors (Lipinski definition) is 2. The van der Waals surface area contributed by atoms with Crippen molar-refractivity contribution in [2.24, 2.45) is 0 Å². The Morgan fingerprint density at radius 1 is 1.20 bits per heavy atom. The van der Waals surface area contributed by atoms with Crippen molar-refractivity contribution in [1.29, 1.82) is 0 Å². The van der Waals surface area contributed by atoms with Crippen LogP contribution in [-0.4, -0.2) is 27.0 Å². The number of rotatable bonds is 7. The summed E-state index contributed by atoms with van der Waals surface area (Å²) in [5, 5.41) is 2.61. The van der Waals surface area contributed by atoms with Gasteiger partial charge in [-0.05, 0) is 37.1 Å². The molecule has 2 N–H and O–H groups in total. The summed E-state index contributed by atoms with van der Waals surface area (Å²) in [5.74, 6) is 0.773. The molecule has 0 fully saturated rings. The maximum atomic E-state index is 13.2. The van der Waals surface area contributed by atoms with Gasteiger partial charge in [0.25, 0.3) is 0 Å². The predicted octanol–water partition coefficient (Wildman–Crippen LogP) is 4.01. The van der Waals surface area contributed by atoms with Gasteiger partial charge in [-0.2, -0.15) is 0 Å². The number of carbonyl (C=O) groups excluding carboxylic acids is 1. The molecule has 0 saturated carbocycles. The van der Waals surface area contributed by atoms with E-state index in [4.69, 9.17) is 9.47 Å². The van der Waals surface area contributed by atoms with Gasteiger partial charge in [-0.3, -0.25) is 4.79 Å². The maximum Gasteiger partial charge on any atom is 0.241 e. The van der Waals surface area contributed by atoms with Gasteiger partial charge in [0.15, 0.2) is 0 Å². The van der Waals surface area contributed by atoms with Crippen molar-refractivity contribution in [1.82, 2.24) is 4.72 Å². The third kappa shape index (κ3) is 4.44. The van der Waals surface area contributed by atoms with E-state index in [-0.39, 0.29) is 10.8 Å². The number of sulfonamides is 1. The van der Waals surface area contributed by atoms with Gasteiger partial charge in [0.2, 0.25) is 15.9 Å². The molecule has 162 valence electrons. The van der Waals surface area contributed by atoms with Crippen LogP contribution >= 0.6 is 0 Å². The van der Waals surface area contributed by atoms with Gasteiger partial charge in [0, 0.05) is 18.9 Å². The number of nitrogens with one attached hydrogen (secondary N) is 2. The molecule has 0 aromatic heterocycles. The highest BCUT2D eigenvalue weighted by molar-refractivity contribution is 7.89. The largest absolute Gasteiger partial charge is 0.495 e. The molecule has 2 aromatic rings. The van der Waals surface area contributed by atoms with Crippen LogP contribution in [0.4, 0.5) is 5.69 Å². The Bertz CT molecular complexity index is 1030. The average molecular weight is 433 g/mol. The average Bonchev–Trinajstić information content (AvgIpc) is 2.72. The van der Waals surface area contributed by atoms with Crippen molar-refractivity contribution in [2.75, 3.05) is 12.4 Å². The Balaban J connectivity index is 1.97. The predicted molar refractivity (Wildman–Crippen MR) is 115 cm³/mol. The molecule has 1 aliphatic rings. The molecule has 30 heavy (non-hydrogen) atoms. The fourth-order valence-electron chi connectivity index (χ4n) is 3.80. The van der Waals surface area contributed by atoms with Gasteiger partial charge in [-0.1, -0.05) is 32.0 Å². The van der Waals surface area contributed by atoms with Crippen LogP contribution in [0.5, 0.6) is 11.5 Å². The van der Waals surface area contributed by atoms with E-state index in [9.17, 15) is 13.2 Å². The first-order valence-electron chi connectivity index (χ1n) is 9.99. The summed E-state index contributed by atoms with van der Waals surface area (Å²) in [4.78, 5) is 11.5. The fourth-order valence-corrected chi connectivity index (χ4v) is 5.04. The van der Waals surface area contributed by atoms with Gasteiger partial charge < -0.3 is 14.8 Å². The van der Waals surface area contributed by atoms with Crippen LogP contribution in [0, 0.1) is 0 Å². The highest BCUT2D eigenvalue weighted by Crippen LogP contribution is 2.43. The third-order valence-electron chi connectivity index (χ3n) is 5.58. The van der Waals surface area contributed by atoms with E-state index in [0.717, 1.165) is 18.4 Å². The molecule has 0 spiro atoms. The molecule has 1 heterocycles. The summed E-state index contributed by atoms with van der Waals surface area (Å²) in [6, 6.07) is 11.5. The molecule has 0 aliphatic carbocycles. The summed E-state index contributed by atoms with van der Waals surface area (Å²) in [7, 11) is -2.41. The smallest absolute Gasteiger partial charge is 0.241 e. The Morgan fingerprint density at radius 2 is 1.90 bits per heavy atom. The minimum Gasteiger partial charge on any atom is -0.495 e. The van der Waals surface area contributed by atoms with E-state index < -0.39 is 21.7 Å². The van der Waals surface area contributed by atoms with E-state index in [1.54, 1.807) is 0 Å². The molecule has 8 heteroatoms. The van der Waals surface area contributed by atoms with Crippen molar-refractivity contribution in [3.8, 4) is 11.5 Å². The number of para-hydroxylation sites is 1. The van der Waals surface area contributed by atoms with Gasteiger partial charge in [0.1, 0.15) is 17.1 Å². The highest BCUT2D eigenvalue weighted by atomic mass is 32.2. The third-order valence-corrected chi connectivity index (χ3v) is 7.04. The van der Waals surface area contributed by atoms with E-state index in [1.165, 1.54) is 32.2 Å². The van der Waals surface area contributed by atoms with Crippen molar-refractivity contribution in [3.05, 3.63) is 48.0 Å². The van der Waals surface area contributed by atoms with Gasteiger partial charge in [-0.15, -0.1) is 0 Å². The molecule has 2 aromatic carbocycles. The highest BCUT2D eigenvalue weighted by Gasteiger charge is 2.40. The quantitative estimate of drug-likeness (QED) is 0.689. The van der Waals surface area contributed by atoms with Gasteiger partial charge >= 0.3 is 0 Å². The molecule has 1 aliphatic heterocycles. The van der Waals surface area contributed by atoms with Crippen molar-refractivity contribution >= 4 is 21.6 Å². The zero-order chi connectivity index (χ0) is 21.9. The van der Waals surface area contributed by atoms with Crippen molar-refractivity contribution < 1.29 is 22.7 Å². The second-order valence-electron chi connectivity index (χ2n) is 7.45. The summed E-state index contributed by atoms with van der Waals surface area (Å²) >= 11 is 0. The second-order valence-corrected chi connectivity index (χ2v) is 9.17. The van der Waals surface area contributed by atoms with Crippen LogP contribution in [0.2, 0.25) is 0 Å². The van der Waals surface area contributed by atoms with Crippen LogP contribution in [0.25, 0.3) is 0 Å². The molecule has 0 saturated heterocycles. The Morgan fingerprint density at radius 3 is 2.53 bits per heavy atom. The monoisotopic (exact) mass is 432 g/mol. The summed E-state index contributed by atoms with van der Waals surface area (Å²) in [6.45, 7) is 5.45. The first-order chi connectivity index (χ1) is 14.2. The lowest BCUT2D eigenvalue weighted by Gasteiger charge is -2.41. The molecule has 0 unspecified atom stereocenters. The number of fused-ring (bicyclic) bond motifs is 1. The van der Waals surface area contributed by atoms with Crippen LogP contribution in [0.1, 0.15) is 51.6 Å². The first-order valence-corrected chi connectivity index (χ1v) is 11.5. The molecule has 3 rings (SSSR count). The van der Waals surface area contributed by atoms with Crippen molar-refractivity contribution in [3.63, 3.8) is 0 Å². The summed E-state index contributed by atoms with van der Waals surface area (Å²) in [6.07, 6.45) is 2.07.